The number of carbonyl (C=O) groups excluding carboxylic acids is 2. The zero-order valence-electron chi connectivity index (χ0n) is 11.6. The van der Waals surface area contributed by atoms with Gasteiger partial charge in [-0.3, -0.25) is 9.59 Å². The van der Waals surface area contributed by atoms with Crippen LogP contribution in [0.15, 0.2) is 0 Å². The van der Waals surface area contributed by atoms with Crippen LogP contribution in [0, 0.1) is 5.92 Å². The summed E-state index contributed by atoms with van der Waals surface area (Å²) >= 11 is 0. The molecule has 1 saturated carbocycles. The van der Waals surface area contributed by atoms with Gasteiger partial charge in [0, 0.05) is 32.6 Å². The van der Waals surface area contributed by atoms with Crippen LogP contribution >= 0.6 is 0 Å². The Morgan fingerprint density at radius 3 is 2.53 bits per heavy atom. The first kappa shape index (κ1) is 14.3. The van der Waals surface area contributed by atoms with Gasteiger partial charge in [-0.15, -0.1) is 0 Å². The highest BCUT2D eigenvalue weighted by Gasteiger charge is 2.18. The first-order valence-corrected chi connectivity index (χ1v) is 7.51. The summed E-state index contributed by atoms with van der Waals surface area (Å²) in [6, 6.07) is 0. The van der Waals surface area contributed by atoms with Crippen molar-refractivity contribution in [3.05, 3.63) is 0 Å². The zero-order valence-corrected chi connectivity index (χ0v) is 11.6. The number of hydrogen-bond acceptors (Lipinski definition) is 3. The predicted octanol–water partition coefficient (Wildman–Crippen LogP) is 0.505. The maximum atomic E-state index is 11.8. The molecule has 0 radical (unpaired) electrons. The summed E-state index contributed by atoms with van der Waals surface area (Å²) in [5, 5.41) is 5.96. The van der Waals surface area contributed by atoms with E-state index in [1.54, 1.807) is 0 Å². The molecule has 0 aromatic rings. The molecule has 0 atom stereocenters. The van der Waals surface area contributed by atoms with Crippen LogP contribution in [0.1, 0.15) is 38.5 Å². The fraction of sp³-hybridized carbons (Fsp3) is 0.857. The molecule has 108 valence electrons. The van der Waals surface area contributed by atoms with Crippen molar-refractivity contribution in [3.63, 3.8) is 0 Å². The van der Waals surface area contributed by atoms with Crippen LogP contribution in [0.5, 0.6) is 0 Å². The number of rotatable bonds is 5. The van der Waals surface area contributed by atoms with Crippen molar-refractivity contribution >= 4 is 11.8 Å². The maximum absolute atomic E-state index is 11.8. The van der Waals surface area contributed by atoms with Crippen molar-refractivity contribution in [2.75, 3.05) is 32.7 Å². The van der Waals surface area contributed by atoms with Gasteiger partial charge in [-0.1, -0.05) is 25.7 Å². The topological polar surface area (TPSA) is 61.4 Å². The zero-order chi connectivity index (χ0) is 13.5. The van der Waals surface area contributed by atoms with Crippen LogP contribution in [-0.4, -0.2) is 49.4 Å². The standard InChI is InChI=1S/C14H25N3O2/c18-13(6-5-12-3-1-2-4-12)16-11-14(19)17-9-7-15-8-10-17/h12,15H,1-11H2,(H,16,18). The fourth-order valence-electron chi connectivity index (χ4n) is 2.92. The lowest BCUT2D eigenvalue weighted by Gasteiger charge is -2.27. The van der Waals surface area contributed by atoms with Crippen molar-refractivity contribution in [1.82, 2.24) is 15.5 Å². The van der Waals surface area contributed by atoms with E-state index in [1.807, 2.05) is 4.90 Å². The molecule has 1 aliphatic carbocycles. The van der Waals surface area contributed by atoms with Crippen molar-refractivity contribution in [3.8, 4) is 0 Å². The van der Waals surface area contributed by atoms with Gasteiger partial charge in [-0.25, -0.2) is 0 Å². The molecule has 1 aliphatic heterocycles. The van der Waals surface area contributed by atoms with Crippen molar-refractivity contribution in [2.24, 2.45) is 5.92 Å². The van der Waals surface area contributed by atoms with Gasteiger partial charge in [-0.05, 0) is 12.3 Å². The van der Waals surface area contributed by atoms with E-state index < -0.39 is 0 Å². The number of carbonyl (C=O) groups is 2. The van der Waals surface area contributed by atoms with E-state index in [0.717, 1.165) is 38.5 Å². The molecule has 0 spiro atoms. The molecule has 0 unspecified atom stereocenters. The monoisotopic (exact) mass is 267 g/mol. The van der Waals surface area contributed by atoms with E-state index in [9.17, 15) is 9.59 Å². The third-order valence-electron chi connectivity index (χ3n) is 4.16. The number of nitrogens with zero attached hydrogens (tertiary/aromatic N) is 1. The smallest absolute Gasteiger partial charge is 0.242 e. The van der Waals surface area contributed by atoms with Crippen molar-refractivity contribution < 1.29 is 9.59 Å². The van der Waals surface area contributed by atoms with Crippen molar-refractivity contribution in [1.29, 1.82) is 0 Å². The lowest BCUT2D eigenvalue weighted by molar-refractivity contribution is -0.133. The van der Waals surface area contributed by atoms with E-state index >= 15 is 0 Å². The largest absolute Gasteiger partial charge is 0.347 e. The first-order chi connectivity index (χ1) is 9.25. The molecular weight excluding hydrogens is 242 g/mol. The van der Waals surface area contributed by atoms with E-state index in [-0.39, 0.29) is 18.4 Å². The van der Waals surface area contributed by atoms with Crippen LogP contribution < -0.4 is 10.6 Å². The first-order valence-electron chi connectivity index (χ1n) is 7.51. The van der Waals surface area contributed by atoms with E-state index in [2.05, 4.69) is 10.6 Å². The van der Waals surface area contributed by atoms with Crippen LogP contribution in [-0.2, 0) is 9.59 Å². The second-order valence-corrected chi connectivity index (χ2v) is 5.60. The molecular formula is C14H25N3O2. The van der Waals surface area contributed by atoms with Gasteiger partial charge in [0.2, 0.25) is 11.8 Å². The van der Waals surface area contributed by atoms with Gasteiger partial charge >= 0.3 is 0 Å². The Kier molecular flexibility index (Phi) is 5.63. The van der Waals surface area contributed by atoms with Crippen LogP contribution in [0.25, 0.3) is 0 Å². The van der Waals surface area contributed by atoms with E-state index in [1.165, 1.54) is 25.7 Å². The van der Waals surface area contributed by atoms with Gasteiger partial charge in [0.15, 0.2) is 0 Å². The number of piperazine rings is 1. The van der Waals surface area contributed by atoms with Crippen LogP contribution in [0.2, 0.25) is 0 Å². The minimum Gasteiger partial charge on any atom is -0.347 e. The molecule has 2 fully saturated rings. The van der Waals surface area contributed by atoms with Crippen LogP contribution in [0.3, 0.4) is 0 Å². The molecule has 2 N–H and O–H groups in total. The Bertz CT molecular complexity index is 308. The summed E-state index contributed by atoms with van der Waals surface area (Å²) in [6.07, 6.45) is 6.72. The molecule has 2 amide bonds. The molecule has 1 heterocycles. The summed E-state index contributed by atoms with van der Waals surface area (Å²) in [5.74, 6) is 0.792. The SMILES string of the molecule is O=C(CCC1CCCC1)NCC(=O)N1CCNCC1. The highest BCUT2D eigenvalue weighted by Crippen LogP contribution is 2.28. The Hall–Kier alpha value is -1.10. The van der Waals surface area contributed by atoms with E-state index in [0.29, 0.717) is 6.42 Å². The molecule has 5 nitrogen and oxygen atoms in total. The lowest BCUT2D eigenvalue weighted by atomic mass is 10.0. The fourth-order valence-corrected chi connectivity index (χ4v) is 2.92. The molecule has 1 saturated heterocycles. The molecule has 2 rings (SSSR count). The van der Waals surface area contributed by atoms with E-state index in [4.69, 9.17) is 0 Å². The third kappa shape index (κ3) is 4.82. The Labute approximate surface area is 115 Å². The number of amides is 2. The summed E-state index contributed by atoms with van der Waals surface area (Å²) < 4.78 is 0. The number of hydrogen-bond donors (Lipinski definition) is 2. The average Bonchev–Trinajstić information content (AvgIpc) is 2.96. The molecule has 19 heavy (non-hydrogen) atoms. The quantitative estimate of drug-likeness (QED) is 0.763. The van der Waals surface area contributed by atoms with Gasteiger partial charge in [0.05, 0.1) is 6.54 Å². The molecule has 0 aromatic carbocycles. The number of nitrogens with one attached hydrogen (secondary N) is 2. The average molecular weight is 267 g/mol. The van der Waals surface area contributed by atoms with Crippen LogP contribution in [0.4, 0.5) is 0 Å². The Balaban J connectivity index is 1.58. The Morgan fingerprint density at radius 2 is 1.84 bits per heavy atom. The minimum absolute atomic E-state index is 0.0235. The molecule has 5 heteroatoms. The third-order valence-corrected chi connectivity index (χ3v) is 4.16. The second kappa shape index (κ2) is 7.48. The van der Waals surface area contributed by atoms with Gasteiger partial charge in [0.1, 0.15) is 0 Å². The van der Waals surface area contributed by atoms with Crippen molar-refractivity contribution in [2.45, 2.75) is 38.5 Å². The maximum Gasteiger partial charge on any atom is 0.242 e. The highest BCUT2D eigenvalue weighted by molar-refractivity contribution is 5.84. The van der Waals surface area contributed by atoms with Gasteiger partial charge in [0.25, 0.3) is 0 Å². The molecule has 0 bridgehead atoms. The lowest BCUT2D eigenvalue weighted by Crippen LogP contribution is -2.49. The summed E-state index contributed by atoms with van der Waals surface area (Å²) in [6.45, 7) is 3.35. The predicted molar refractivity (Wildman–Crippen MR) is 73.7 cm³/mol. The highest BCUT2D eigenvalue weighted by atomic mass is 16.2. The van der Waals surface area contributed by atoms with Gasteiger partial charge in [-0.2, -0.15) is 0 Å². The Morgan fingerprint density at radius 1 is 1.16 bits per heavy atom. The molecule has 0 aromatic heterocycles. The second-order valence-electron chi connectivity index (χ2n) is 5.60. The normalized spacial score (nSPS) is 20.5. The summed E-state index contributed by atoms with van der Waals surface area (Å²) in [4.78, 5) is 25.4. The molecule has 2 aliphatic rings. The summed E-state index contributed by atoms with van der Waals surface area (Å²) in [5.41, 5.74) is 0. The van der Waals surface area contributed by atoms with Gasteiger partial charge < -0.3 is 15.5 Å². The minimum atomic E-state index is 0.0235. The summed E-state index contributed by atoms with van der Waals surface area (Å²) in [7, 11) is 0.